The van der Waals surface area contributed by atoms with Gasteiger partial charge in [0.05, 0.1) is 18.8 Å². The number of ether oxygens (including phenoxy) is 5. The number of rotatable bonds is 11. The van der Waals surface area contributed by atoms with Gasteiger partial charge in [0.2, 0.25) is 0 Å². The summed E-state index contributed by atoms with van der Waals surface area (Å²) in [6.07, 6.45) is 21.8. The summed E-state index contributed by atoms with van der Waals surface area (Å²) in [6.45, 7) is 4.84. The molecule has 5 nitrogen and oxygen atoms in total. The fourth-order valence-corrected chi connectivity index (χ4v) is 6.25. The van der Waals surface area contributed by atoms with E-state index in [0.717, 1.165) is 64.8 Å². The Morgan fingerprint density at radius 1 is 1.03 bits per heavy atom. The predicted molar refractivity (Wildman–Crippen MR) is 128 cm³/mol. The normalized spacial score (nSPS) is 39.5. The number of hydrogen-bond donors (Lipinski definition) is 0. The van der Waals surface area contributed by atoms with Crippen molar-refractivity contribution in [2.24, 2.45) is 17.8 Å². The third-order valence-corrected chi connectivity index (χ3v) is 8.19. The molecule has 3 aliphatic heterocycles. The fourth-order valence-electron chi connectivity index (χ4n) is 6.25. The minimum absolute atomic E-state index is 0.0269. The first-order valence-electron chi connectivity index (χ1n) is 13.8. The average molecular weight is 461 g/mol. The Balaban J connectivity index is 1.26. The lowest BCUT2D eigenvalue weighted by atomic mass is 9.88. The Kier molecular flexibility index (Phi) is 8.59. The van der Waals surface area contributed by atoms with E-state index in [0.29, 0.717) is 23.9 Å². The number of allylic oxidation sites excluding steroid dienone is 1. The van der Waals surface area contributed by atoms with E-state index in [4.69, 9.17) is 23.7 Å². The molecule has 8 unspecified atom stereocenters. The van der Waals surface area contributed by atoms with Crippen LogP contribution in [0.25, 0.3) is 0 Å². The molecule has 3 heterocycles. The number of epoxide rings is 1. The van der Waals surface area contributed by atoms with E-state index >= 15 is 0 Å². The molecule has 0 radical (unpaired) electrons. The van der Waals surface area contributed by atoms with Crippen molar-refractivity contribution < 1.29 is 23.7 Å². The third kappa shape index (κ3) is 6.49. The number of hydrogen-bond acceptors (Lipinski definition) is 5. The molecule has 3 saturated heterocycles. The van der Waals surface area contributed by atoms with E-state index in [-0.39, 0.29) is 24.8 Å². The molecule has 4 fully saturated rings. The zero-order valence-corrected chi connectivity index (χ0v) is 20.5. The molecule has 33 heavy (non-hydrogen) atoms. The highest BCUT2D eigenvalue weighted by Crippen LogP contribution is 2.51. The Hall–Kier alpha value is -0.720. The van der Waals surface area contributed by atoms with Crippen molar-refractivity contribution in [2.75, 3.05) is 19.8 Å². The van der Waals surface area contributed by atoms with Gasteiger partial charge in [-0.15, -0.1) is 0 Å². The fraction of sp³-hybridized carbons (Fsp3) is 0.857. The molecule has 0 spiro atoms. The van der Waals surface area contributed by atoms with Gasteiger partial charge in [0, 0.05) is 19.1 Å². The maximum absolute atomic E-state index is 6.59. The standard InChI is InChI=1S/C28H44O5/c1-2-3-4-9-22(32-27-10-5-7-14-29-27)12-13-23-24-17-21(26-19-31-26)16-20(24)18-25(23)33-28-11-6-8-15-30-28/h12-13,16,20,22-28H,2-11,14-15,17-19H2,1H3/b13-12+. The smallest absolute Gasteiger partial charge is 0.158 e. The summed E-state index contributed by atoms with van der Waals surface area (Å²) in [5.41, 5.74) is 1.53. The molecule has 5 heteroatoms. The second kappa shape index (κ2) is 11.8. The van der Waals surface area contributed by atoms with Gasteiger partial charge in [-0.05, 0) is 75.2 Å². The minimum Gasteiger partial charge on any atom is -0.368 e. The number of unbranched alkanes of at least 4 members (excludes halogenated alkanes) is 2. The van der Waals surface area contributed by atoms with E-state index in [1.807, 2.05) is 0 Å². The summed E-state index contributed by atoms with van der Waals surface area (Å²) in [7, 11) is 0. The minimum atomic E-state index is -0.0409. The van der Waals surface area contributed by atoms with E-state index in [1.165, 1.54) is 37.7 Å². The van der Waals surface area contributed by atoms with E-state index < -0.39 is 0 Å². The second-order valence-electron chi connectivity index (χ2n) is 10.7. The molecule has 0 aromatic heterocycles. The average Bonchev–Trinajstić information content (AvgIpc) is 3.54. The quantitative estimate of drug-likeness (QED) is 0.217. The molecule has 8 atom stereocenters. The predicted octanol–water partition coefficient (Wildman–Crippen LogP) is 5.93. The van der Waals surface area contributed by atoms with Crippen LogP contribution in [0.3, 0.4) is 0 Å². The van der Waals surface area contributed by atoms with Crippen LogP contribution in [0.4, 0.5) is 0 Å². The highest BCUT2D eigenvalue weighted by atomic mass is 16.7. The SMILES string of the molecule is CCCCCC(/C=C/C1C(OC2CCCCO2)CC2C=C(C3CO3)CC21)OC1CCCCO1. The molecule has 186 valence electrons. The van der Waals surface area contributed by atoms with Crippen LogP contribution in [0.5, 0.6) is 0 Å². The maximum Gasteiger partial charge on any atom is 0.158 e. The van der Waals surface area contributed by atoms with Gasteiger partial charge >= 0.3 is 0 Å². The molecule has 0 N–H and O–H groups in total. The second-order valence-corrected chi connectivity index (χ2v) is 10.7. The van der Waals surface area contributed by atoms with Crippen molar-refractivity contribution in [3.8, 4) is 0 Å². The summed E-state index contributed by atoms with van der Waals surface area (Å²) < 4.78 is 30.5. The molecule has 5 aliphatic rings. The maximum atomic E-state index is 6.59. The summed E-state index contributed by atoms with van der Waals surface area (Å²) in [4.78, 5) is 0. The van der Waals surface area contributed by atoms with Crippen molar-refractivity contribution in [2.45, 2.75) is 115 Å². The van der Waals surface area contributed by atoms with Crippen LogP contribution in [-0.4, -0.2) is 50.7 Å². The van der Waals surface area contributed by atoms with Crippen molar-refractivity contribution in [3.63, 3.8) is 0 Å². The molecule has 2 aliphatic carbocycles. The number of fused-ring (bicyclic) bond motifs is 1. The molecular weight excluding hydrogens is 416 g/mol. The lowest BCUT2D eigenvalue weighted by molar-refractivity contribution is -0.193. The molecule has 0 aromatic carbocycles. The summed E-state index contributed by atoms with van der Waals surface area (Å²) in [5, 5.41) is 0. The van der Waals surface area contributed by atoms with Gasteiger partial charge < -0.3 is 23.7 Å². The molecule has 5 rings (SSSR count). The zero-order chi connectivity index (χ0) is 22.5. The molecular formula is C28H44O5. The first-order valence-corrected chi connectivity index (χ1v) is 13.8. The van der Waals surface area contributed by atoms with E-state index in [9.17, 15) is 0 Å². The van der Waals surface area contributed by atoms with Gasteiger partial charge in [-0.2, -0.15) is 0 Å². The topological polar surface area (TPSA) is 49.5 Å². The molecule has 0 bridgehead atoms. The van der Waals surface area contributed by atoms with Gasteiger partial charge in [-0.3, -0.25) is 0 Å². The lowest BCUT2D eigenvalue weighted by Gasteiger charge is -2.30. The van der Waals surface area contributed by atoms with E-state index in [1.54, 1.807) is 0 Å². The van der Waals surface area contributed by atoms with Gasteiger partial charge in [0.15, 0.2) is 12.6 Å². The van der Waals surface area contributed by atoms with Gasteiger partial charge in [0.25, 0.3) is 0 Å². The van der Waals surface area contributed by atoms with Crippen LogP contribution >= 0.6 is 0 Å². The Labute approximate surface area is 200 Å². The van der Waals surface area contributed by atoms with Gasteiger partial charge in [-0.25, -0.2) is 0 Å². The van der Waals surface area contributed by atoms with Crippen LogP contribution in [0.1, 0.15) is 84.0 Å². The molecule has 0 amide bonds. The first kappa shape index (κ1) is 24.0. The monoisotopic (exact) mass is 460 g/mol. The van der Waals surface area contributed by atoms with Crippen molar-refractivity contribution in [3.05, 3.63) is 23.8 Å². The summed E-state index contributed by atoms with van der Waals surface area (Å²) >= 11 is 0. The molecule has 1 saturated carbocycles. The summed E-state index contributed by atoms with van der Waals surface area (Å²) in [6, 6.07) is 0. The van der Waals surface area contributed by atoms with Gasteiger partial charge in [0.1, 0.15) is 6.10 Å². The van der Waals surface area contributed by atoms with E-state index in [2.05, 4.69) is 25.2 Å². The Bertz CT molecular complexity index is 659. The Morgan fingerprint density at radius 2 is 1.82 bits per heavy atom. The van der Waals surface area contributed by atoms with Crippen molar-refractivity contribution in [1.29, 1.82) is 0 Å². The zero-order valence-electron chi connectivity index (χ0n) is 20.5. The largest absolute Gasteiger partial charge is 0.368 e. The van der Waals surface area contributed by atoms with Crippen LogP contribution in [0, 0.1) is 17.8 Å². The summed E-state index contributed by atoms with van der Waals surface area (Å²) in [5.74, 6) is 1.64. The van der Waals surface area contributed by atoms with Crippen LogP contribution < -0.4 is 0 Å². The highest BCUT2D eigenvalue weighted by Gasteiger charge is 2.48. The van der Waals surface area contributed by atoms with Crippen LogP contribution in [0.2, 0.25) is 0 Å². The lowest BCUT2D eigenvalue weighted by Crippen LogP contribution is -2.31. The van der Waals surface area contributed by atoms with Crippen LogP contribution in [0.15, 0.2) is 23.8 Å². The van der Waals surface area contributed by atoms with Crippen LogP contribution in [-0.2, 0) is 23.7 Å². The highest BCUT2D eigenvalue weighted by molar-refractivity contribution is 5.26. The van der Waals surface area contributed by atoms with Gasteiger partial charge in [-0.1, -0.05) is 44.4 Å². The van der Waals surface area contributed by atoms with Crippen molar-refractivity contribution in [1.82, 2.24) is 0 Å². The third-order valence-electron chi connectivity index (χ3n) is 8.19. The Morgan fingerprint density at radius 3 is 2.52 bits per heavy atom. The first-order chi connectivity index (χ1) is 16.3. The van der Waals surface area contributed by atoms with Crippen molar-refractivity contribution >= 4 is 0 Å². The molecule has 0 aromatic rings.